The first-order chi connectivity index (χ1) is 12.1. The van der Waals surface area contributed by atoms with E-state index in [1.807, 2.05) is 0 Å². The predicted octanol–water partition coefficient (Wildman–Crippen LogP) is 5.53. The summed E-state index contributed by atoms with van der Waals surface area (Å²) in [6.45, 7) is 16.6. The Morgan fingerprint density at radius 1 is 0.880 bits per heavy atom. The van der Waals surface area contributed by atoms with Crippen molar-refractivity contribution in [1.29, 1.82) is 0 Å². The molecule has 1 aliphatic rings. The fourth-order valence-electron chi connectivity index (χ4n) is 4.00. The molecule has 0 radical (unpaired) electrons. The highest BCUT2D eigenvalue weighted by atomic mass is 15.3. The zero-order valence-corrected chi connectivity index (χ0v) is 17.1. The predicted molar refractivity (Wildman–Crippen MR) is 110 cm³/mol. The maximum Gasteiger partial charge on any atom is 0.0234 e. The zero-order valence-electron chi connectivity index (χ0n) is 17.1. The van der Waals surface area contributed by atoms with Crippen molar-refractivity contribution >= 4 is 0 Å². The molecule has 0 amide bonds. The van der Waals surface area contributed by atoms with Crippen LogP contribution in [-0.4, -0.2) is 42.5 Å². The van der Waals surface area contributed by atoms with E-state index in [4.69, 9.17) is 0 Å². The van der Waals surface area contributed by atoms with Crippen LogP contribution in [-0.2, 0) is 6.54 Å². The summed E-state index contributed by atoms with van der Waals surface area (Å²) >= 11 is 0. The first-order valence-corrected chi connectivity index (χ1v) is 10.7. The third kappa shape index (κ3) is 7.11. The monoisotopic (exact) mass is 344 g/mol. The molecule has 0 bridgehead atoms. The number of hydrogen-bond donors (Lipinski definition) is 0. The van der Waals surface area contributed by atoms with Crippen LogP contribution in [0.3, 0.4) is 0 Å². The van der Waals surface area contributed by atoms with E-state index >= 15 is 0 Å². The Morgan fingerprint density at radius 2 is 1.52 bits per heavy atom. The molecule has 25 heavy (non-hydrogen) atoms. The molecule has 1 unspecified atom stereocenters. The molecule has 0 aliphatic carbocycles. The molecule has 0 N–H and O–H groups in total. The average Bonchev–Trinajstić information content (AvgIpc) is 2.62. The van der Waals surface area contributed by atoms with Gasteiger partial charge in [-0.3, -0.25) is 4.90 Å². The van der Waals surface area contributed by atoms with Crippen LogP contribution >= 0.6 is 0 Å². The Balaban J connectivity index is 1.74. The topological polar surface area (TPSA) is 6.48 Å². The van der Waals surface area contributed by atoms with Gasteiger partial charge in [0, 0.05) is 32.7 Å². The molecule has 1 aliphatic heterocycles. The standard InChI is InChI=1S/C23H40N2/c1-5-8-22(6-2)23-12-10-21(11-13-23)19-25-17-15-24(16-18-25)14-7-9-20(3)4/h10-13,20,22H,5-9,14-19H2,1-4H3. The van der Waals surface area contributed by atoms with Gasteiger partial charge in [0.1, 0.15) is 0 Å². The van der Waals surface area contributed by atoms with Gasteiger partial charge in [-0.2, -0.15) is 0 Å². The average molecular weight is 345 g/mol. The number of benzene rings is 1. The van der Waals surface area contributed by atoms with Crippen LogP contribution in [0.5, 0.6) is 0 Å². The van der Waals surface area contributed by atoms with E-state index in [9.17, 15) is 0 Å². The van der Waals surface area contributed by atoms with Crippen molar-refractivity contribution in [2.24, 2.45) is 5.92 Å². The van der Waals surface area contributed by atoms with Crippen molar-refractivity contribution in [2.75, 3.05) is 32.7 Å². The lowest BCUT2D eigenvalue weighted by Gasteiger charge is -2.34. The molecule has 0 saturated carbocycles. The molecule has 1 aromatic rings. The van der Waals surface area contributed by atoms with E-state index in [0.717, 1.165) is 18.4 Å². The van der Waals surface area contributed by atoms with Crippen molar-refractivity contribution in [3.8, 4) is 0 Å². The fourth-order valence-corrected chi connectivity index (χ4v) is 4.00. The minimum absolute atomic E-state index is 0.744. The van der Waals surface area contributed by atoms with Gasteiger partial charge in [0.25, 0.3) is 0 Å². The molecule has 1 fully saturated rings. The van der Waals surface area contributed by atoms with Crippen molar-refractivity contribution in [3.05, 3.63) is 35.4 Å². The molecular formula is C23H40N2. The quantitative estimate of drug-likeness (QED) is 0.550. The van der Waals surface area contributed by atoms with Crippen LogP contribution in [0.15, 0.2) is 24.3 Å². The third-order valence-electron chi connectivity index (χ3n) is 5.71. The first-order valence-electron chi connectivity index (χ1n) is 10.7. The van der Waals surface area contributed by atoms with Crippen molar-refractivity contribution < 1.29 is 0 Å². The highest BCUT2D eigenvalue weighted by Crippen LogP contribution is 2.25. The van der Waals surface area contributed by atoms with E-state index in [1.54, 1.807) is 0 Å². The third-order valence-corrected chi connectivity index (χ3v) is 5.71. The van der Waals surface area contributed by atoms with Crippen LogP contribution in [0.2, 0.25) is 0 Å². The Kier molecular flexibility index (Phi) is 8.98. The van der Waals surface area contributed by atoms with E-state index in [2.05, 4.69) is 61.8 Å². The molecule has 2 heteroatoms. The molecule has 142 valence electrons. The normalized spacial score (nSPS) is 18.0. The fraction of sp³-hybridized carbons (Fsp3) is 0.739. The van der Waals surface area contributed by atoms with Gasteiger partial charge in [-0.1, -0.05) is 58.4 Å². The summed E-state index contributed by atoms with van der Waals surface area (Å²) in [6, 6.07) is 9.48. The molecular weight excluding hydrogens is 304 g/mol. The van der Waals surface area contributed by atoms with Crippen molar-refractivity contribution in [2.45, 2.75) is 72.3 Å². The summed E-state index contributed by atoms with van der Waals surface area (Å²) < 4.78 is 0. The minimum atomic E-state index is 0.744. The van der Waals surface area contributed by atoms with Crippen molar-refractivity contribution in [3.63, 3.8) is 0 Å². The maximum atomic E-state index is 2.65. The lowest BCUT2D eigenvalue weighted by atomic mass is 9.91. The second kappa shape index (κ2) is 11.0. The highest BCUT2D eigenvalue weighted by Gasteiger charge is 2.17. The van der Waals surface area contributed by atoms with Crippen LogP contribution in [0.1, 0.15) is 76.8 Å². The summed E-state index contributed by atoms with van der Waals surface area (Å²) in [5.41, 5.74) is 3.01. The first kappa shape index (κ1) is 20.5. The summed E-state index contributed by atoms with van der Waals surface area (Å²) in [7, 11) is 0. The van der Waals surface area contributed by atoms with Gasteiger partial charge in [-0.25, -0.2) is 0 Å². The molecule has 2 rings (SSSR count). The summed E-state index contributed by atoms with van der Waals surface area (Å²) in [4.78, 5) is 5.27. The smallest absolute Gasteiger partial charge is 0.0234 e. The number of piperazine rings is 1. The molecule has 1 saturated heterocycles. The summed E-state index contributed by atoms with van der Waals surface area (Å²) in [5.74, 6) is 1.59. The van der Waals surface area contributed by atoms with Crippen LogP contribution in [0.4, 0.5) is 0 Å². The van der Waals surface area contributed by atoms with E-state index in [-0.39, 0.29) is 0 Å². The maximum absolute atomic E-state index is 2.65. The molecule has 2 nitrogen and oxygen atoms in total. The molecule has 1 aromatic carbocycles. The van der Waals surface area contributed by atoms with Gasteiger partial charge < -0.3 is 4.90 Å². The number of rotatable bonds is 10. The zero-order chi connectivity index (χ0) is 18.1. The van der Waals surface area contributed by atoms with Crippen LogP contribution in [0, 0.1) is 5.92 Å². The van der Waals surface area contributed by atoms with Gasteiger partial charge in [0.2, 0.25) is 0 Å². The lowest BCUT2D eigenvalue weighted by Crippen LogP contribution is -2.46. The Labute approximate surface area is 156 Å². The largest absolute Gasteiger partial charge is 0.301 e. The second-order valence-corrected chi connectivity index (χ2v) is 8.29. The van der Waals surface area contributed by atoms with Gasteiger partial charge in [0.05, 0.1) is 0 Å². The number of hydrogen-bond acceptors (Lipinski definition) is 2. The SMILES string of the molecule is CCCC(CC)c1ccc(CN2CCN(CCCC(C)C)CC2)cc1. The molecule has 1 heterocycles. The van der Waals surface area contributed by atoms with E-state index in [0.29, 0.717) is 0 Å². The van der Waals surface area contributed by atoms with E-state index < -0.39 is 0 Å². The van der Waals surface area contributed by atoms with Gasteiger partial charge in [-0.05, 0) is 55.2 Å². The van der Waals surface area contributed by atoms with Gasteiger partial charge in [-0.15, -0.1) is 0 Å². The minimum Gasteiger partial charge on any atom is -0.301 e. The lowest BCUT2D eigenvalue weighted by molar-refractivity contribution is 0.125. The summed E-state index contributed by atoms with van der Waals surface area (Å²) in [6.07, 6.45) is 6.57. The highest BCUT2D eigenvalue weighted by molar-refractivity contribution is 5.25. The molecule has 0 spiro atoms. The van der Waals surface area contributed by atoms with Gasteiger partial charge in [0.15, 0.2) is 0 Å². The Morgan fingerprint density at radius 3 is 2.08 bits per heavy atom. The Bertz CT molecular complexity index is 457. The Hall–Kier alpha value is -0.860. The van der Waals surface area contributed by atoms with Crippen LogP contribution in [0.25, 0.3) is 0 Å². The summed E-state index contributed by atoms with van der Waals surface area (Å²) in [5, 5.41) is 0. The molecule has 1 atom stereocenters. The van der Waals surface area contributed by atoms with Crippen molar-refractivity contribution in [1.82, 2.24) is 9.80 Å². The van der Waals surface area contributed by atoms with E-state index in [1.165, 1.54) is 76.0 Å². The van der Waals surface area contributed by atoms with Crippen LogP contribution < -0.4 is 0 Å². The van der Waals surface area contributed by atoms with Gasteiger partial charge >= 0.3 is 0 Å². The molecule has 0 aromatic heterocycles. The number of nitrogens with zero attached hydrogens (tertiary/aromatic N) is 2. The second-order valence-electron chi connectivity index (χ2n) is 8.29.